The Morgan fingerprint density at radius 1 is 1.06 bits per heavy atom. The molecule has 0 aliphatic heterocycles. The van der Waals surface area contributed by atoms with Gasteiger partial charge in [-0.15, -0.1) is 0 Å². The van der Waals surface area contributed by atoms with Gasteiger partial charge in [0.2, 0.25) is 0 Å². The van der Waals surface area contributed by atoms with E-state index in [1.807, 2.05) is 6.08 Å². The van der Waals surface area contributed by atoms with E-state index in [1.165, 1.54) is 44.1 Å². The van der Waals surface area contributed by atoms with Crippen LogP contribution in [-0.4, -0.2) is 0 Å². The van der Waals surface area contributed by atoms with Gasteiger partial charge in [-0.25, -0.2) is 0 Å². The van der Waals surface area contributed by atoms with Crippen molar-refractivity contribution in [2.24, 2.45) is 11.8 Å². The molecule has 0 bridgehead atoms. The summed E-state index contributed by atoms with van der Waals surface area (Å²) < 4.78 is 0. The summed E-state index contributed by atoms with van der Waals surface area (Å²) in [6, 6.07) is 0. The molecule has 94 valence electrons. The number of hydrogen-bond acceptors (Lipinski definition) is 0. The van der Waals surface area contributed by atoms with Crippen LogP contribution in [0.2, 0.25) is 0 Å². The third kappa shape index (κ3) is 8.76. The summed E-state index contributed by atoms with van der Waals surface area (Å²) in [4.78, 5) is 0. The number of allylic oxidation sites excluding steroid dienone is 2. The fourth-order valence-electron chi connectivity index (χ4n) is 1.94. The minimum atomic E-state index is 0.877. The second kappa shape index (κ2) is 9.69. The molecule has 0 heteroatoms. The molecule has 0 N–H and O–H groups in total. The normalized spacial score (nSPS) is 14.4. The van der Waals surface area contributed by atoms with Crippen LogP contribution in [-0.2, 0) is 0 Å². The smallest absolute Gasteiger partial charge is 0.0285 e. The highest BCUT2D eigenvalue weighted by atomic mass is 14.1. The number of hydrogen-bond donors (Lipinski definition) is 0. The average molecular weight is 222 g/mol. The van der Waals surface area contributed by atoms with E-state index in [0.29, 0.717) is 0 Å². The molecule has 0 fully saturated rings. The molecule has 2 unspecified atom stereocenters. The van der Waals surface area contributed by atoms with Crippen molar-refractivity contribution in [2.45, 2.75) is 65.7 Å². The molecule has 16 heavy (non-hydrogen) atoms. The fourth-order valence-corrected chi connectivity index (χ4v) is 1.94. The SMILES string of the molecule is C=CC(=C)CCCC(C)CCCC(C)CC. The molecule has 0 nitrogen and oxygen atoms in total. The maximum atomic E-state index is 3.95. The third-order valence-electron chi connectivity index (χ3n) is 3.57. The van der Waals surface area contributed by atoms with Crippen molar-refractivity contribution in [3.8, 4) is 0 Å². The Balaban J connectivity index is 3.40. The zero-order valence-electron chi connectivity index (χ0n) is 11.6. The van der Waals surface area contributed by atoms with E-state index in [4.69, 9.17) is 0 Å². The molecular formula is C16H30. The Hall–Kier alpha value is -0.520. The molecule has 0 aliphatic carbocycles. The van der Waals surface area contributed by atoms with Crippen LogP contribution < -0.4 is 0 Å². The Bertz CT molecular complexity index is 190. The van der Waals surface area contributed by atoms with Gasteiger partial charge in [-0.3, -0.25) is 0 Å². The lowest BCUT2D eigenvalue weighted by Gasteiger charge is -2.13. The van der Waals surface area contributed by atoms with Crippen LogP contribution in [0.3, 0.4) is 0 Å². The van der Waals surface area contributed by atoms with Crippen molar-refractivity contribution in [1.82, 2.24) is 0 Å². The largest absolute Gasteiger partial charge is 0.0988 e. The monoisotopic (exact) mass is 222 g/mol. The van der Waals surface area contributed by atoms with Gasteiger partial charge >= 0.3 is 0 Å². The molecule has 0 amide bonds. The third-order valence-corrected chi connectivity index (χ3v) is 3.57. The van der Waals surface area contributed by atoms with E-state index in [0.717, 1.165) is 18.3 Å². The van der Waals surface area contributed by atoms with Crippen molar-refractivity contribution in [2.75, 3.05) is 0 Å². The van der Waals surface area contributed by atoms with Crippen LogP contribution in [0.5, 0.6) is 0 Å². The van der Waals surface area contributed by atoms with E-state index in [-0.39, 0.29) is 0 Å². The highest BCUT2D eigenvalue weighted by molar-refractivity contribution is 5.10. The van der Waals surface area contributed by atoms with Crippen molar-refractivity contribution in [3.63, 3.8) is 0 Å². The first-order valence-electron chi connectivity index (χ1n) is 6.90. The van der Waals surface area contributed by atoms with Crippen LogP contribution in [0.1, 0.15) is 65.7 Å². The quantitative estimate of drug-likeness (QED) is 0.413. The molecule has 0 saturated carbocycles. The zero-order valence-corrected chi connectivity index (χ0v) is 11.6. The summed E-state index contributed by atoms with van der Waals surface area (Å²) in [6.07, 6.45) is 11.1. The summed E-state index contributed by atoms with van der Waals surface area (Å²) in [6.45, 7) is 14.7. The minimum absolute atomic E-state index is 0.877. The van der Waals surface area contributed by atoms with E-state index >= 15 is 0 Å². The maximum Gasteiger partial charge on any atom is -0.0285 e. The van der Waals surface area contributed by atoms with Crippen LogP contribution in [0, 0.1) is 11.8 Å². The molecular weight excluding hydrogens is 192 g/mol. The van der Waals surface area contributed by atoms with Gasteiger partial charge in [0.15, 0.2) is 0 Å². The predicted octanol–water partition coefficient (Wildman–Crippen LogP) is 5.75. The lowest BCUT2D eigenvalue weighted by atomic mass is 9.93. The Morgan fingerprint density at radius 3 is 2.19 bits per heavy atom. The first-order valence-corrected chi connectivity index (χ1v) is 6.90. The van der Waals surface area contributed by atoms with Gasteiger partial charge in [-0.2, -0.15) is 0 Å². The fraction of sp³-hybridized carbons (Fsp3) is 0.750. The molecule has 0 saturated heterocycles. The van der Waals surface area contributed by atoms with E-state index in [1.54, 1.807) is 0 Å². The summed E-state index contributed by atoms with van der Waals surface area (Å²) in [5.74, 6) is 1.79. The first kappa shape index (κ1) is 15.5. The molecule has 0 aliphatic rings. The predicted molar refractivity (Wildman–Crippen MR) is 75.7 cm³/mol. The van der Waals surface area contributed by atoms with Crippen LogP contribution in [0.4, 0.5) is 0 Å². The zero-order chi connectivity index (χ0) is 12.4. The lowest BCUT2D eigenvalue weighted by molar-refractivity contribution is 0.412. The summed E-state index contributed by atoms with van der Waals surface area (Å²) in [5.41, 5.74) is 1.19. The molecule has 0 spiro atoms. The van der Waals surface area contributed by atoms with E-state index in [9.17, 15) is 0 Å². The van der Waals surface area contributed by atoms with E-state index < -0.39 is 0 Å². The maximum absolute atomic E-state index is 3.95. The highest BCUT2D eigenvalue weighted by Gasteiger charge is 2.04. The second-order valence-corrected chi connectivity index (χ2v) is 5.30. The van der Waals surface area contributed by atoms with Crippen molar-refractivity contribution >= 4 is 0 Å². The van der Waals surface area contributed by atoms with Gasteiger partial charge in [0.1, 0.15) is 0 Å². The Morgan fingerprint density at radius 2 is 1.62 bits per heavy atom. The Kier molecular flexibility index (Phi) is 9.37. The Labute approximate surface area is 103 Å². The standard InChI is InChI=1S/C16H30/c1-6-14(3)10-8-12-16(5)13-9-11-15(4)7-2/h6,15-16H,1,3,7-13H2,2,4-5H3. The topological polar surface area (TPSA) is 0 Å². The van der Waals surface area contributed by atoms with Crippen LogP contribution in [0.15, 0.2) is 24.8 Å². The van der Waals surface area contributed by atoms with Crippen molar-refractivity contribution < 1.29 is 0 Å². The molecule has 0 aromatic rings. The minimum Gasteiger partial charge on any atom is -0.0988 e. The van der Waals surface area contributed by atoms with Gasteiger partial charge < -0.3 is 0 Å². The van der Waals surface area contributed by atoms with Gasteiger partial charge in [-0.05, 0) is 24.7 Å². The van der Waals surface area contributed by atoms with Crippen LogP contribution >= 0.6 is 0 Å². The molecule has 0 rings (SSSR count). The summed E-state index contributed by atoms with van der Waals surface area (Å²) in [7, 11) is 0. The van der Waals surface area contributed by atoms with Crippen LogP contribution in [0.25, 0.3) is 0 Å². The number of rotatable bonds is 10. The van der Waals surface area contributed by atoms with Gasteiger partial charge in [-0.1, -0.05) is 77.7 Å². The molecule has 0 radical (unpaired) electrons. The highest BCUT2D eigenvalue weighted by Crippen LogP contribution is 2.19. The van der Waals surface area contributed by atoms with Crippen molar-refractivity contribution in [1.29, 1.82) is 0 Å². The molecule has 0 aromatic carbocycles. The molecule has 2 atom stereocenters. The lowest BCUT2D eigenvalue weighted by Crippen LogP contribution is -1.98. The van der Waals surface area contributed by atoms with Gasteiger partial charge in [0, 0.05) is 0 Å². The molecule has 0 aromatic heterocycles. The summed E-state index contributed by atoms with van der Waals surface area (Å²) in [5, 5.41) is 0. The van der Waals surface area contributed by atoms with Gasteiger partial charge in [0.05, 0.1) is 0 Å². The molecule has 0 heterocycles. The van der Waals surface area contributed by atoms with E-state index in [2.05, 4.69) is 33.9 Å². The average Bonchev–Trinajstić information content (AvgIpc) is 2.28. The van der Waals surface area contributed by atoms with Gasteiger partial charge in [0.25, 0.3) is 0 Å². The second-order valence-electron chi connectivity index (χ2n) is 5.30. The first-order chi connectivity index (χ1) is 7.60. The van der Waals surface area contributed by atoms with Crippen molar-refractivity contribution in [3.05, 3.63) is 24.8 Å². The summed E-state index contributed by atoms with van der Waals surface area (Å²) >= 11 is 0.